The van der Waals surface area contributed by atoms with Crippen molar-refractivity contribution in [3.63, 3.8) is 0 Å². The molecule has 3 aliphatic rings. The van der Waals surface area contributed by atoms with E-state index in [1.807, 2.05) is 6.07 Å². The maximum absolute atomic E-state index is 13.0. The number of aliphatic hydroxyl groups is 3. The van der Waals surface area contributed by atoms with Crippen LogP contribution in [-0.4, -0.2) is 69.4 Å². The van der Waals surface area contributed by atoms with Crippen molar-refractivity contribution in [1.82, 2.24) is 10.6 Å². The fourth-order valence-electron chi connectivity index (χ4n) is 4.75. The highest BCUT2D eigenvalue weighted by molar-refractivity contribution is 6.02. The zero-order valence-corrected chi connectivity index (χ0v) is 16.9. The zero-order valence-electron chi connectivity index (χ0n) is 16.9. The molecule has 11 nitrogen and oxygen atoms in total. The Labute approximate surface area is 186 Å². The summed E-state index contributed by atoms with van der Waals surface area (Å²) in [4.78, 5) is 25.7. The van der Waals surface area contributed by atoms with Crippen molar-refractivity contribution in [1.29, 1.82) is 5.26 Å². The van der Waals surface area contributed by atoms with Crippen LogP contribution in [0.5, 0.6) is 17.2 Å². The van der Waals surface area contributed by atoms with Crippen LogP contribution in [0, 0.1) is 11.3 Å². The van der Waals surface area contributed by atoms with Crippen molar-refractivity contribution in [2.75, 3.05) is 6.79 Å². The normalized spacial score (nSPS) is 29.3. The summed E-state index contributed by atoms with van der Waals surface area (Å²) in [5.41, 5.74) is 0.480. The molecule has 0 aromatic heterocycles. The second-order valence-electron chi connectivity index (χ2n) is 8.11. The van der Waals surface area contributed by atoms with E-state index in [4.69, 9.17) is 14.7 Å². The van der Waals surface area contributed by atoms with Gasteiger partial charge in [-0.05, 0) is 29.8 Å². The van der Waals surface area contributed by atoms with Gasteiger partial charge < -0.3 is 40.5 Å². The summed E-state index contributed by atoms with van der Waals surface area (Å²) in [6.45, 7) is -0.166. The highest BCUT2D eigenvalue weighted by Crippen LogP contribution is 2.50. The van der Waals surface area contributed by atoms with Gasteiger partial charge in [0.15, 0.2) is 11.5 Å². The molecule has 170 valence electrons. The van der Waals surface area contributed by atoms with Crippen molar-refractivity contribution in [3.05, 3.63) is 52.6 Å². The van der Waals surface area contributed by atoms with Crippen molar-refractivity contribution < 1.29 is 39.5 Å². The van der Waals surface area contributed by atoms with Gasteiger partial charge >= 0.3 is 0 Å². The van der Waals surface area contributed by atoms with E-state index >= 15 is 0 Å². The number of rotatable bonds is 2. The molecule has 0 unspecified atom stereocenters. The van der Waals surface area contributed by atoms with Crippen LogP contribution in [0.3, 0.4) is 0 Å². The maximum atomic E-state index is 13.0. The monoisotopic (exact) mass is 453 g/mol. The number of hydrogen-bond acceptors (Lipinski definition) is 9. The molecule has 0 bridgehead atoms. The molecule has 6 N–H and O–H groups in total. The number of phenolic OH excluding ortho intramolecular Hbond substituents is 1. The van der Waals surface area contributed by atoms with E-state index in [9.17, 15) is 30.0 Å². The lowest BCUT2D eigenvalue weighted by molar-refractivity contribution is -0.117. The minimum atomic E-state index is -1.67. The van der Waals surface area contributed by atoms with Crippen LogP contribution >= 0.6 is 0 Å². The number of nitrogens with zero attached hydrogens (tertiary/aromatic N) is 1. The highest BCUT2D eigenvalue weighted by Gasteiger charge is 2.54. The smallest absolute Gasteiger partial charge is 0.255 e. The number of hydrogen-bond donors (Lipinski definition) is 6. The second kappa shape index (κ2) is 7.63. The summed E-state index contributed by atoms with van der Waals surface area (Å²) in [7, 11) is 0. The van der Waals surface area contributed by atoms with Crippen LogP contribution in [0.2, 0.25) is 0 Å². The van der Waals surface area contributed by atoms with Crippen molar-refractivity contribution in [2.24, 2.45) is 0 Å². The Morgan fingerprint density at radius 3 is 2.70 bits per heavy atom. The average molecular weight is 453 g/mol. The molecule has 0 radical (unpaired) electrons. The molecule has 6 atom stereocenters. The average Bonchev–Trinajstić information content (AvgIpc) is 3.29. The molecular formula is C22H19N3O8. The molecule has 2 aromatic rings. The van der Waals surface area contributed by atoms with Crippen LogP contribution < -0.4 is 20.1 Å². The Hall–Kier alpha value is -3.85. The minimum absolute atomic E-state index is 0.00630. The number of fused-ring (bicyclic) bond motifs is 4. The first-order valence-corrected chi connectivity index (χ1v) is 10.1. The molecular weight excluding hydrogens is 434 g/mol. The third kappa shape index (κ3) is 3.15. The third-order valence-electron chi connectivity index (χ3n) is 6.31. The fourth-order valence-corrected chi connectivity index (χ4v) is 4.75. The number of nitrogens with one attached hydrogen (secondary N) is 2. The Balaban J connectivity index is 1.59. The second-order valence-corrected chi connectivity index (χ2v) is 8.11. The standard InChI is InChI=1S/C22H19N3O8/c23-6-8-2-1-3-9(4-8)21(30)24-14-12-10-5-11-20(33-7-32-11)16(26)13(10)22(31)25-15(12)18(28)19(29)17(14)27/h1-5,12,14-15,17-19,26-29H,7H2,(H,24,30)(H,25,31)/t12-,14+,15+,17-,18-,19+/m0/s1. The molecule has 0 saturated heterocycles. The third-order valence-corrected chi connectivity index (χ3v) is 6.31. The number of ether oxygens (including phenoxy) is 2. The summed E-state index contributed by atoms with van der Waals surface area (Å²) in [5.74, 6) is -2.58. The first-order valence-electron chi connectivity index (χ1n) is 10.1. The van der Waals surface area contributed by atoms with Crippen LogP contribution in [0.1, 0.15) is 37.8 Å². The fraction of sp³-hybridized carbons (Fsp3) is 0.318. The Morgan fingerprint density at radius 2 is 1.94 bits per heavy atom. The van der Waals surface area contributed by atoms with Gasteiger partial charge in [-0.1, -0.05) is 6.07 Å². The van der Waals surface area contributed by atoms with Crippen LogP contribution in [-0.2, 0) is 0 Å². The molecule has 33 heavy (non-hydrogen) atoms. The van der Waals surface area contributed by atoms with Crippen molar-refractivity contribution >= 4 is 11.8 Å². The van der Waals surface area contributed by atoms with E-state index < -0.39 is 53.9 Å². The summed E-state index contributed by atoms with van der Waals surface area (Å²) in [6.07, 6.45) is -4.84. The van der Waals surface area contributed by atoms with Crippen LogP contribution in [0.25, 0.3) is 0 Å². The molecule has 11 heteroatoms. The van der Waals surface area contributed by atoms with Gasteiger partial charge in [-0.3, -0.25) is 9.59 Å². The highest BCUT2D eigenvalue weighted by atomic mass is 16.7. The summed E-state index contributed by atoms with van der Waals surface area (Å²) in [5, 5.41) is 56.8. The summed E-state index contributed by atoms with van der Waals surface area (Å²) < 4.78 is 10.6. The quantitative estimate of drug-likeness (QED) is 0.335. The Bertz CT molecular complexity index is 1210. The number of amides is 2. The SMILES string of the molecule is N#Cc1cccc(C(=O)N[C@H]2[C@H](O)[C@@H](O)[C@@H](O)[C@@H]3NC(=O)c4c(cc5c(c4O)OCO5)[C@@H]23)c1. The first kappa shape index (κ1) is 21.0. The van der Waals surface area contributed by atoms with E-state index in [-0.39, 0.29) is 40.5 Å². The van der Waals surface area contributed by atoms with E-state index in [1.54, 1.807) is 0 Å². The molecule has 2 amide bonds. The van der Waals surface area contributed by atoms with Gasteiger partial charge in [-0.2, -0.15) is 5.26 Å². The van der Waals surface area contributed by atoms with E-state index in [2.05, 4.69) is 10.6 Å². The molecule has 2 aromatic carbocycles. The zero-order chi connectivity index (χ0) is 23.4. The lowest BCUT2D eigenvalue weighted by atomic mass is 9.68. The molecule has 2 heterocycles. The summed E-state index contributed by atoms with van der Waals surface area (Å²) >= 11 is 0. The van der Waals surface area contributed by atoms with Gasteiger partial charge in [0.25, 0.3) is 11.8 Å². The molecule has 1 saturated carbocycles. The number of aromatic hydroxyl groups is 1. The minimum Gasteiger partial charge on any atom is -0.504 e. The predicted molar refractivity (Wildman–Crippen MR) is 109 cm³/mol. The van der Waals surface area contributed by atoms with E-state index in [0.29, 0.717) is 0 Å². The molecule has 0 spiro atoms. The number of benzene rings is 2. The van der Waals surface area contributed by atoms with Gasteiger partial charge in [-0.15, -0.1) is 0 Å². The lowest BCUT2D eigenvalue weighted by Crippen LogP contribution is -2.69. The van der Waals surface area contributed by atoms with Gasteiger partial charge in [0.1, 0.15) is 18.3 Å². The molecule has 1 aliphatic carbocycles. The lowest BCUT2D eigenvalue weighted by Gasteiger charge is -2.49. The van der Waals surface area contributed by atoms with Crippen LogP contribution in [0.15, 0.2) is 30.3 Å². The topological polar surface area (TPSA) is 181 Å². The van der Waals surface area contributed by atoms with Gasteiger partial charge in [0.05, 0.1) is 29.3 Å². The predicted octanol–water partition coefficient (Wildman–Crippen LogP) is -0.917. The molecule has 2 aliphatic heterocycles. The van der Waals surface area contributed by atoms with Gasteiger partial charge in [0, 0.05) is 11.5 Å². The number of nitriles is 1. The molecule has 5 rings (SSSR count). The largest absolute Gasteiger partial charge is 0.504 e. The summed E-state index contributed by atoms with van der Waals surface area (Å²) in [6, 6.07) is 7.04. The number of aliphatic hydroxyl groups excluding tert-OH is 3. The van der Waals surface area contributed by atoms with Gasteiger partial charge in [-0.25, -0.2) is 0 Å². The van der Waals surface area contributed by atoms with Crippen LogP contribution in [0.4, 0.5) is 0 Å². The number of phenols is 1. The van der Waals surface area contributed by atoms with Gasteiger partial charge in [0.2, 0.25) is 12.5 Å². The molecule has 1 fully saturated rings. The van der Waals surface area contributed by atoms with E-state index in [0.717, 1.165) is 0 Å². The Morgan fingerprint density at radius 1 is 1.15 bits per heavy atom. The number of carbonyl (C=O) groups is 2. The van der Waals surface area contributed by atoms with E-state index in [1.165, 1.54) is 30.3 Å². The number of carbonyl (C=O) groups excluding carboxylic acids is 2. The van der Waals surface area contributed by atoms with Crippen molar-refractivity contribution in [2.45, 2.75) is 36.3 Å². The first-order chi connectivity index (χ1) is 15.8. The maximum Gasteiger partial charge on any atom is 0.255 e. The Kier molecular flexibility index (Phi) is 4.86. The van der Waals surface area contributed by atoms with Crippen molar-refractivity contribution in [3.8, 4) is 23.3 Å².